The molecule has 1 aliphatic heterocycles. The molecule has 0 bridgehead atoms. The molecule has 0 aromatic heterocycles. The van der Waals surface area contributed by atoms with Crippen LogP contribution in [0.25, 0.3) is 6.08 Å². The molecule has 0 atom stereocenters. The maximum absolute atomic E-state index is 13.1. The minimum atomic E-state index is -0.611. The van der Waals surface area contributed by atoms with Gasteiger partial charge in [-0.25, -0.2) is 9.18 Å². The Hall–Kier alpha value is -3.95. The first kappa shape index (κ1) is 24.2. The second kappa shape index (κ2) is 10.1. The summed E-state index contributed by atoms with van der Waals surface area (Å²) >= 11 is 12.6. The van der Waals surface area contributed by atoms with Crippen molar-refractivity contribution in [2.45, 2.75) is 13.2 Å². The van der Waals surface area contributed by atoms with Crippen LogP contribution in [0.5, 0.6) is 5.75 Å². The molecule has 1 saturated heterocycles. The van der Waals surface area contributed by atoms with Crippen molar-refractivity contribution < 1.29 is 23.6 Å². The van der Waals surface area contributed by atoms with Gasteiger partial charge >= 0.3 is 6.03 Å². The Bertz CT molecular complexity index is 1340. The molecule has 178 valence electrons. The standard InChI is InChI=1S/C24H16Cl2FN3O5/c25-19-9-16(10-20(26)22(19)35-13-15-2-1-3-18(8-15)30(33)34)11-21-23(31)29(24(32)28-21)12-14-4-6-17(27)7-5-14/h1-11H,12-13H2,(H,28,32)/b21-11+. The third kappa shape index (κ3) is 5.59. The lowest BCUT2D eigenvalue weighted by Crippen LogP contribution is -2.30. The SMILES string of the molecule is O=C1N/C(=C/c2cc(Cl)c(OCc3cccc([N+](=O)[O-])c3)c(Cl)c2)C(=O)N1Cc1ccc(F)cc1. The van der Waals surface area contributed by atoms with Crippen molar-refractivity contribution in [3.05, 3.63) is 109 Å². The van der Waals surface area contributed by atoms with Gasteiger partial charge in [-0.1, -0.05) is 47.5 Å². The number of carbonyl (C=O) groups is 2. The van der Waals surface area contributed by atoms with Crippen LogP contribution in [0.2, 0.25) is 10.0 Å². The van der Waals surface area contributed by atoms with Gasteiger partial charge in [-0.2, -0.15) is 0 Å². The Kier molecular flexibility index (Phi) is 6.99. The quantitative estimate of drug-likeness (QED) is 0.188. The van der Waals surface area contributed by atoms with E-state index in [0.717, 1.165) is 4.90 Å². The molecule has 1 fully saturated rings. The summed E-state index contributed by atoms with van der Waals surface area (Å²) < 4.78 is 18.8. The summed E-state index contributed by atoms with van der Waals surface area (Å²) in [4.78, 5) is 36.4. The van der Waals surface area contributed by atoms with Gasteiger partial charge in [-0.05, 0) is 47.0 Å². The predicted molar refractivity (Wildman–Crippen MR) is 127 cm³/mol. The minimum Gasteiger partial charge on any atom is -0.486 e. The number of nitro groups is 1. The largest absolute Gasteiger partial charge is 0.486 e. The average Bonchev–Trinajstić information content (AvgIpc) is 3.07. The van der Waals surface area contributed by atoms with Crippen LogP contribution in [0.1, 0.15) is 16.7 Å². The smallest absolute Gasteiger partial charge is 0.329 e. The van der Waals surface area contributed by atoms with E-state index in [2.05, 4.69) is 5.32 Å². The minimum absolute atomic E-state index is 0.00551. The zero-order valence-electron chi connectivity index (χ0n) is 17.8. The van der Waals surface area contributed by atoms with Crippen LogP contribution < -0.4 is 10.1 Å². The second-order valence-corrected chi connectivity index (χ2v) is 8.35. The molecule has 1 heterocycles. The molecule has 0 aliphatic carbocycles. The summed E-state index contributed by atoms with van der Waals surface area (Å²) in [6.07, 6.45) is 1.42. The van der Waals surface area contributed by atoms with Crippen LogP contribution in [-0.4, -0.2) is 21.8 Å². The number of hydrogen-bond acceptors (Lipinski definition) is 5. The molecule has 0 radical (unpaired) electrons. The van der Waals surface area contributed by atoms with Crippen LogP contribution in [-0.2, 0) is 17.9 Å². The molecule has 0 unspecified atom stereocenters. The molecule has 1 aliphatic rings. The molecular formula is C24H16Cl2FN3O5. The van der Waals surface area contributed by atoms with Gasteiger partial charge in [0.05, 0.1) is 21.5 Å². The maximum atomic E-state index is 13.1. The van der Waals surface area contributed by atoms with E-state index >= 15 is 0 Å². The Balaban J connectivity index is 1.49. The van der Waals surface area contributed by atoms with Crippen LogP contribution >= 0.6 is 23.2 Å². The molecule has 3 aromatic carbocycles. The van der Waals surface area contributed by atoms with Crippen molar-refractivity contribution in [1.82, 2.24) is 10.2 Å². The van der Waals surface area contributed by atoms with E-state index in [1.54, 1.807) is 12.1 Å². The van der Waals surface area contributed by atoms with Crippen LogP contribution in [0.15, 0.2) is 66.4 Å². The summed E-state index contributed by atoms with van der Waals surface area (Å²) in [5.74, 6) is -0.808. The first-order chi connectivity index (χ1) is 16.7. The highest BCUT2D eigenvalue weighted by Crippen LogP contribution is 2.36. The maximum Gasteiger partial charge on any atom is 0.329 e. The lowest BCUT2D eigenvalue weighted by atomic mass is 10.1. The Morgan fingerprint density at radius 1 is 1.03 bits per heavy atom. The average molecular weight is 516 g/mol. The zero-order chi connectivity index (χ0) is 25.1. The van der Waals surface area contributed by atoms with E-state index in [1.165, 1.54) is 54.6 Å². The van der Waals surface area contributed by atoms with E-state index in [1.807, 2.05) is 0 Å². The number of halogens is 3. The molecule has 3 aromatic rings. The van der Waals surface area contributed by atoms with Gasteiger partial charge in [-0.15, -0.1) is 0 Å². The number of hydrogen-bond donors (Lipinski definition) is 1. The summed E-state index contributed by atoms with van der Waals surface area (Å²) in [5.41, 5.74) is 1.54. The predicted octanol–water partition coefficient (Wildman–Crippen LogP) is 5.71. The Labute approximate surface area is 208 Å². The van der Waals surface area contributed by atoms with Crippen LogP contribution in [0.4, 0.5) is 14.9 Å². The molecular weight excluding hydrogens is 500 g/mol. The normalized spacial score (nSPS) is 14.4. The number of urea groups is 1. The van der Waals surface area contributed by atoms with E-state index in [0.29, 0.717) is 16.7 Å². The summed E-state index contributed by atoms with van der Waals surface area (Å²) in [5, 5.41) is 13.7. The van der Waals surface area contributed by atoms with Crippen LogP contribution in [0, 0.1) is 15.9 Å². The first-order valence-electron chi connectivity index (χ1n) is 10.2. The highest BCUT2D eigenvalue weighted by molar-refractivity contribution is 6.37. The Morgan fingerprint density at radius 2 is 1.71 bits per heavy atom. The van der Waals surface area contributed by atoms with Crippen LogP contribution in [0.3, 0.4) is 0 Å². The van der Waals surface area contributed by atoms with Gasteiger partial charge in [-0.3, -0.25) is 19.8 Å². The van der Waals surface area contributed by atoms with Gasteiger partial charge in [0.2, 0.25) is 0 Å². The van der Waals surface area contributed by atoms with Gasteiger partial charge in [0.25, 0.3) is 11.6 Å². The number of nitro benzene ring substituents is 1. The molecule has 0 saturated carbocycles. The van der Waals surface area contributed by atoms with Crippen molar-refractivity contribution >= 4 is 46.9 Å². The van der Waals surface area contributed by atoms with Crippen molar-refractivity contribution in [3.63, 3.8) is 0 Å². The summed E-state index contributed by atoms with van der Waals surface area (Å²) in [7, 11) is 0. The number of ether oxygens (including phenoxy) is 1. The van der Waals surface area contributed by atoms with E-state index < -0.39 is 22.7 Å². The lowest BCUT2D eigenvalue weighted by molar-refractivity contribution is -0.384. The molecule has 35 heavy (non-hydrogen) atoms. The number of carbonyl (C=O) groups excluding carboxylic acids is 2. The molecule has 0 spiro atoms. The highest BCUT2D eigenvalue weighted by atomic mass is 35.5. The number of benzene rings is 3. The van der Waals surface area contributed by atoms with Crippen molar-refractivity contribution in [1.29, 1.82) is 0 Å². The monoisotopic (exact) mass is 515 g/mol. The number of non-ortho nitro benzene ring substituents is 1. The van der Waals surface area contributed by atoms with Gasteiger partial charge < -0.3 is 10.1 Å². The third-order valence-corrected chi connectivity index (χ3v) is 5.61. The van der Waals surface area contributed by atoms with E-state index in [4.69, 9.17) is 27.9 Å². The fourth-order valence-electron chi connectivity index (χ4n) is 3.37. The second-order valence-electron chi connectivity index (χ2n) is 7.54. The number of nitrogens with zero attached hydrogens (tertiary/aromatic N) is 2. The van der Waals surface area contributed by atoms with Crippen molar-refractivity contribution in [2.24, 2.45) is 0 Å². The zero-order valence-corrected chi connectivity index (χ0v) is 19.3. The fourth-order valence-corrected chi connectivity index (χ4v) is 3.98. The number of amides is 3. The van der Waals surface area contributed by atoms with Gasteiger partial charge in [0.1, 0.15) is 18.1 Å². The molecule has 8 nitrogen and oxygen atoms in total. The van der Waals surface area contributed by atoms with Crippen molar-refractivity contribution in [3.8, 4) is 5.75 Å². The Morgan fingerprint density at radius 3 is 2.37 bits per heavy atom. The molecule has 3 amide bonds. The lowest BCUT2D eigenvalue weighted by Gasteiger charge is -2.12. The third-order valence-electron chi connectivity index (χ3n) is 5.05. The number of rotatable bonds is 7. The topological polar surface area (TPSA) is 102 Å². The number of imide groups is 1. The van der Waals surface area contributed by atoms with E-state index in [9.17, 15) is 24.1 Å². The summed E-state index contributed by atoms with van der Waals surface area (Å²) in [6.45, 7) is -0.0251. The van der Waals surface area contributed by atoms with Gasteiger partial charge in [0, 0.05) is 12.1 Å². The van der Waals surface area contributed by atoms with E-state index in [-0.39, 0.29) is 40.3 Å². The van der Waals surface area contributed by atoms with Gasteiger partial charge in [0.15, 0.2) is 5.75 Å². The first-order valence-corrected chi connectivity index (χ1v) is 10.9. The summed E-state index contributed by atoms with van der Waals surface area (Å²) in [6, 6.07) is 13.8. The number of nitrogens with one attached hydrogen (secondary N) is 1. The highest BCUT2D eigenvalue weighted by Gasteiger charge is 2.33. The molecule has 1 N–H and O–H groups in total. The fraction of sp³-hybridized carbons (Fsp3) is 0.0833. The van der Waals surface area contributed by atoms with Crippen molar-refractivity contribution in [2.75, 3.05) is 0 Å². The molecule has 4 rings (SSSR count). The molecule has 11 heteroatoms.